The lowest BCUT2D eigenvalue weighted by atomic mass is 10.0. The van der Waals surface area contributed by atoms with Gasteiger partial charge in [-0.15, -0.1) is 5.10 Å². The minimum Gasteiger partial charge on any atom is -0.496 e. The third-order valence-corrected chi connectivity index (χ3v) is 4.54. The van der Waals surface area contributed by atoms with Crippen molar-refractivity contribution in [2.24, 2.45) is 0 Å². The number of pyridine rings is 1. The summed E-state index contributed by atoms with van der Waals surface area (Å²) in [5, 5.41) is 4.29. The normalized spacial score (nSPS) is 10.8. The van der Waals surface area contributed by atoms with Crippen LogP contribution in [0, 0.1) is 11.6 Å². The van der Waals surface area contributed by atoms with E-state index < -0.39 is 11.6 Å². The Kier molecular flexibility index (Phi) is 5.02. The smallest absolute Gasteiger partial charge is 0.237 e. The lowest BCUT2D eigenvalue weighted by Crippen LogP contribution is -2.10. The van der Waals surface area contributed by atoms with E-state index in [1.165, 1.54) is 36.0 Å². The van der Waals surface area contributed by atoms with Crippen LogP contribution >= 0.6 is 0 Å². The van der Waals surface area contributed by atoms with Crippen molar-refractivity contribution in [1.82, 2.24) is 9.61 Å². The first kappa shape index (κ1) is 19.3. The first-order valence-corrected chi connectivity index (χ1v) is 8.96. The average molecular weight is 406 g/mol. The number of aromatic nitrogens is 2. The molecular weight excluding hydrogens is 390 g/mol. The van der Waals surface area contributed by atoms with Gasteiger partial charge in [0.2, 0.25) is 5.88 Å². The van der Waals surface area contributed by atoms with Crippen molar-refractivity contribution in [2.75, 3.05) is 7.11 Å². The summed E-state index contributed by atoms with van der Waals surface area (Å²) in [5.41, 5.74) is 2.11. The molecule has 0 atom stereocenters. The van der Waals surface area contributed by atoms with Crippen molar-refractivity contribution in [3.63, 3.8) is 0 Å². The molecule has 0 unspecified atom stereocenters. The van der Waals surface area contributed by atoms with Gasteiger partial charge in [0.15, 0.2) is 17.0 Å². The van der Waals surface area contributed by atoms with Crippen LogP contribution in [0.4, 0.5) is 8.78 Å². The van der Waals surface area contributed by atoms with Crippen LogP contribution in [0.3, 0.4) is 0 Å². The average Bonchev–Trinajstić information content (AvgIpc) is 2.75. The van der Waals surface area contributed by atoms with E-state index in [9.17, 15) is 13.6 Å². The van der Waals surface area contributed by atoms with Crippen LogP contribution in [-0.2, 0) is 0 Å². The van der Waals surface area contributed by atoms with Gasteiger partial charge in [-0.05, 0) is 35.9 Å². The Labute approximate surface area is 170 Å². The molecule has 2 heterocycles. The van der Waals surface area contributed by atoms with Gasteiger partial charge in [0.1, 0.15) is 11.6 Å². The van der Waals surface area contributed by atoms with Crippen molar-refractivity contribution < 1.29 is 18.3 Å². The molecule has 5 nitrogen and oxygen atoms in total. The number of ether oxygens (including phenoxy) is 2. The summed E-state index contributed by atoms with van der Waals surface area (Å²) in [5.74, 6) is -1.11. The molecule has 0 saturated heterocycles. The van der Waals surface area contributed by atoms with E-state index >= 15 is 0 Å². The monoisotopic (exact) mass is 406 g/mol. The summed E-state index contributed by atoms with van der Waals surface area (Å²) < 4.78 is 39.3. The fourth-order valence-electron chi connectivity index (χ4n) is 3.12. The molecule has 0 bridgehead atoms. The first-order valence-electron chi connectivity index (χ1n) is 8.96. The third kappa shape index (κ3) is 3.53. The van der Waals surface area contributed by atoms with E-state index in [0.29, 0.717) is 22.4 Å². The van der Waals surface area contributed by atoms with Crippen molar-refractivity contribution in [3.8, 4) is 28.5 Å². The molecular formula is C23H16F2N2O3. The second-order valence-corrected chi connectivity index (χ2v) is 6.40. The number of methoxy groups -OCH3 is 1. The van der Waals surface area contributed by atoms with Crippen LogP contribution in [0.1, 0.15) is 5.56 Å². The second-order valence-electron chi connectivity index (χ2n) is 6.40. The first-order chi connectivity index (χ1) is 14.5. The van der Waals surface area contributed by atoms with E-state index in [-0.39, 0.29) is 17.1 Å². The number of hydrogen-bond donors (Lipinski definition) is 0. The van der Waals surface area contributed by atoms with Crippen LogP contribution in [-0.4, -0.2) is 16.7 Å². The number of rotatable bonds is 5. The standard InChI is InChI=1S/C23H16F2N2O3/c1-3-14-4-7-20(29-2)16(12-14)23-18-6-9-22(26-27(18)11-10-19(23)28)30-21-8-5-15(24)13-17(21)25/h3-13H,1H2,2H3. The summed E-state index contributed by atoms with van der Waals surface area (Å²) in [7, 11) is 1.52. The Hall–Kier alpha value is -4.00. The van der Waals surface area contributed by atoms with Gasteiger partial charge in [-0.3, -0.25) is 4.79 Å². The predicted octanol–water partition coefficient (Wildman–Crippen LogP) is 5.08. The van der Waals surface area contributed by atoms with Gasteiger partial charge >= 0.3 is 0 Å². The lowest BCUT2D eigenvalue weighted by Gasteiger charge is -2.13. The molecule has 4 aromatic rings. The van der Waals surface area contributed by atoms with Crippen LogP contribution in [0.2, 0.25) is 0 Å². The molecule has 0 saturated carbocycles. The summed E-state index contributed by atoms with van der Waals surface area (Å²) in [6.45, 7) is 3.76. The van der Waals surface area contributed by atoms with E-state index in [0.717, 1.165) is 17.7 Å². The van der Waals surface area contributed by atoms with Gasteiger partial charge in [0, 0.05) is 30.0 Å². The van der Waals surface area contributed by atoms with Gasteiger partial charge in [-0.25, -0.2) is 13.3 Å². The van der Waals surface area contributed by atoms with Crippen molar-refractivity contribution in [2.45, 2.75) is 0 Å². The maximum absolute atomic E-state index is 13.9. The number of benzene rings is 2. The highest BCUT2D eigenvalue weighted by Crippen LogP contribution is 2.32. The zero-order valence-electron chi connectivity index (χ0n) is 15.9. The molecule has 30 heavy (non-hydrogen) atoms. The highest BCUT2D eigenvalue weighted by molar-refractivity contribution is 5.84. The molecule has 0 amide bonds. The maximum Gasteiger partial charge on any atom is 0.237 e. The van der Waals surface area contributed by atoms with E-state index in [1.807, 2.05) is 6.07 Å². The Morgan fingerprint density at radius 1 is 1.03 bits per heavy atom. The number of hydrogen-bond acceptors (Lipinski definition) is 4. The largest absolute Gasteiger partial charge is 0.496 e. The molecule has 150 valence electrons. The van der Waals surface area contributed by atoms with Crippen LogP contribution in [0.15, 0.2) is 72.2 Å². The van der Waals surface area contributed by atoms with E-state index in [4.69, 9.17) is 9.47 Å². The van der Waals surface area contributed by atoms with Gasteiger partial charge < -0.3 is 9.47 Å². The number of nitrogens with zero attached hydrogens (tertiary/aromatic N) is 2. The number of fused-ring (bicyclic) bond motifs is 1. The topological polar surface area (TPSA) is 52.8 Å². The number of halogens is 2. The Morgan fingerprint density at radius 2 is 1.83 bits per heavy atom. The van der Waals surface area contributed by atoms with Crippen molar-refractivity contribution >= 4 is 11.6 Å². The fourth-order valence-corrected chi connectivity index (χ4v) is 3.12. The van der Waals surface area contributed by atoms with Crippen LogP contribution in [0.5, 0.6) is 17.4 Å². The zero-order valence-corrected chi connectivity index (χ0v) is 15.9. The van der Waals surface area contributed by atoms with Gasteiger partial charge in [0.25, 0.3) is 0 Å². The molecule has 0 radical (unpaired) electrons. The SMILES string of the molecule is C=Cc1ccc(OC)c(-c2c(=O)ccn3nc(Oc4ccc(F)cc4F)ccc23)c1. The van der Waals surface area contributed by atoms with Crippen molar-refractivity contribution in [3.05, 3.63) is 94.8 Å². The molecule has 0 fully saturated rings. The molecule has 0 aliphatic rings. The van der Waals surface area contributed by atoms with E-state index in [2.05, 4.69) is 11.7 Å². The minimum atomic E-state index is -0.844. The molecule has 2 aromatic carbocycles. The third-order valence-electron chi connectivity index (χ3n) is 4.54. The summed E-state index contributed by atoms with van der Waals surface area (Å²) >= 11 is 0. The summed E-state index contributed by atoms with van der Waals surface area (Å²) in [6, 6.07) is 12.9. The molecule has 7 heteroatoms. The fraction of sp³-hybridized carbons (Fsp3) is 0.0435. The zero-order chi connectivity index (χ0) is 21.3. The van der Waals surface area contributed by atoms with Crippen molar-refractivity contribution in [1.29, 1.82) is 0 Å². The minimum absolute atomic E-state index is 0.0782. The van der Waals surface area contributed by atoms with Crippen LogP contribution in [0.25, 0.3) is 22.7 Å². The maximum atomic E-state index is 13.9. The molecule has 0 spiro atoms. The lowest BCUT2D eigenvalue weighted by molar-refractivity contribution is 0.416. The van der Waals surface area contributed by atoms with Gasteiger partial charge in [-0.1, -0.05) is 18.7 Å². The Bertz CT molecular complexity index is 1330. The molecule has 0 N–H and O–H groups in total. The summed E-state index contributed by atoms with van der Waals surface area (Å²) in [4.78, 5) is 12.7. The van der Waals surface area contributed by atoms with Gasteiger partial charge in [0.05, 0.1) is 18.2 Å². The predicted molar refractivity (Wildman–Crippen MR) is 110 cm³/mol. The van der Waals surface area contributed by atoms with Crippen LogP contribution < -0.4 is 14.9 Å². The highest BCUT2D eigenvalue weighted by Gasteiger charge is 2.15. The van der Waals surface area contributed by atoms with E-state index in [1.54, 1.807) is 24.3 Å². The second kappa shape index (κ2) is 7.79. The quantitative estimate of drug-likeness (QED) is 0.464. The van der Waals surface area contributed by atoms with Gasteiger partial charge in [-0.2, -0.15) is 0 Å². The molecule has 0 aliphatic carbocycles. The molecule has 2 aromatic heterocycles. The highest BCUT2D eigenvalue weighted by atomic mass is 19.1. The molecule has 4 rings (SSSR count). The Balaban J connectivity index is 1.84. The molecule has 0 aliphatic heterocycles. The summed E-state index contributed by atoms with van der Waals surface area (Å²) in [6.07, 6.45) is 3.16. The Morgan fingerprint density at radius 3 is 2.57 bits per heavy atom.